The molecule has 16 heavy (non-hydrogen) atoms. The fourth-order valence-electron chi connectivity index (χ4n) is 2.31. The first-order valence-electron chi connectivity index (χ1n) is 5.93. The van der Waals surface area contributed by atoms with E-state index in [-0.39, 0.29) is 12.0 Å². The second kappa shape index (κ2) is 5.73. The van der Waals surface area contributed by atoms with Crippen LogP contribution in [0.15, 0.2) is 12.7 Å². The Hall–Kier alpha value is -0.480. The van der Waals surface area contributed by atoms with Gasteiger partial charge in [0.1, 0.15) is 0 Å². The van der Waals surface area contributed by atoms with Crippen molar-refractivity contribution in [2.75, 3.05) is 24.7 Å². The van der Waals surface area contributed by atoms with E-state index in [1.54, 1.807) is 0 Å². The third kappa shape index (κ3) is 2.80. The van der Waals surface area contributed by atoms with Gasteiger partial charge in [0.25, 0.3) is 0 Å². The molecule has 2 heterocycles. The summed E-state index contributed by atoms with van der Waals surface area (Å²) in [6.45, 7) is 5.18. The molecule has 0 aromatic carbocycles. The fourth-order valence-corrected chi connectivity index (χ4v) is 3.54. The van der Waals surface area contributed by atoms with Crippen LogP contribution in [0, 0.1) is 0 Å². The van der Waals surface area contributed by atoms with Crippen LogP contribution in [0.4, 0.5) is 0 Å². The number of hydrogen-bond acceptors (Lipinski definition) is 3. The standard InChI is InChI=1S/C12H19NO2S/c1-2-12(14)13(10-5-7-16-9-10)8-11-4-3-6-15-11/h2,10-11H,1,3-9H2/t10-,11-/m0/s1. The Morgan fingerprint density at radius 2 is 2.44 bits per heavy atom. The van der Waals surface area contributed by atoms with Crippen molar-refractivity contribution in [3.8, 4) is 0 Å². The van der Waals surface area contributed by atoms with Crippen LogP contribution in [0.1, 0.15) is 19.3 Å². The molecule has 0 radical (unpaired) electrons. The lowest BCUT2D eigenvalue weighted by atomic mass is 10.1. The van der Waals surface area contributed by atoms with Crippen LogP contribution >= 0.6 is 11.8 Å². The highest BCUT2D eigenvalue weighted by molar-refractivity contribution is 7.99. The number of rotatable bonds is 4. The number of hydrogen-bond donors (Lipinski definition) is 0. The number of nitrogens with zero attached hydrogens (tertiary/aromatic N) is 1. The molecule has 2 rings (SSSR count). The van der Waals surface area contributed by atoms with Gasteiger partial charge in [-0.3, -0.25) is 4.79 Å². The largest absolute Gasteiger partial charge is 0.376 e. The van der Waals surface area contributed by atoms with Crippen molar-refractivity contribution in [2.24, 2.45) is 0 Å². The third-order valence-electron chi connectivity index (χ3n) is 3.23. The number of carbonyl (C=O) groups is 1. The SMILES string of the molecule is C=CC(=O)N(C[C@@H]1CCCO1)[C@H]1CCSC1. The van der Waals surface area contributed by atoms with Gasteiger partial charge in [-0.05, 0) is 31.1 Å². The van der Waals surface area contributed by atoms with Crippen molar-refractivity contribution in [1.29, 1.82) is 0 Å². The van der Waals surface area contributed by atoms with E-state index in [4.69, 9.17) is 4.74 Å². The maximum atomic E-state index is 11.8. The summed E-state index contributed by atoms with van der Waals surface area (Å²) in [5.74, 6) is 2.28. The van der Waals surface area contributed by atoms with Crippen molar-refractivity contribution in [3.63, 3.8) is 0 Å². The first kappa shape index (κ1) is 12.0. The normalized spacial score (nSPS) is 29.2. The molecule has 0 aromatic rings. The molecule has 0 aromatic heterocycles. The molecule has 0 bridgehead atoms. The molecule has 4 heteroatoms. The number of thioether (sulfide) groups is 1. The van der Waals surface area contributed by atoms with Gasteiger partial charge in [-0.25, -0.2) is 0 Å². The van der Waals surface area contributed by atoms with E-state index in [9.17, 15) is 4.79 Å². The predicted octanol–water partition coefficient (Wildman–Crippen LogP) is 1.69. The highest BCUT2D eigenvalue weighted by Crippen LogP contribution is 2.24. The number of carbonyl (C=O) groups excluding carboxylic acids is 1. The van der Waals surface area contributed by atoms with Crippen LogP contribution in [0.3, 0.4) is 0 Å². The molecular weight excluding hydrogens is 222 g/mol. The number of amides is 1. The van der Waals surface area contributed by atoms with Gasteiger partial charge in [0.15, 0.2) is 0 Å². The average Bonchev–Trinajstić information content (AvgIpc) is 2.97. The van der Waals surface area contributed by atoms with Crippen molar-refractivity contribution >= 4 is 17.7 Å². The molecule has 0 unspecified atom stereocenters. The van der Waals surface area contributed by atoms with E-state index >= 15 is 0 Å². The van der Waals surface area contributed by atoms with Crippen molar-refractivity contribution in [1.82, 2.24) is 4.90 Å². The molecule has 2 atom stereocenters. The van der Waals surface area contributed by atoms with E-state index < -0.39 is 0 Å². The molecule has 2 aliphatic rings. The van der Waals surface area contributed by atoms with Crippen molar-refractivity contribution in [3.05, 3.63) is 12.7 Å². The second-order valence-electron chi connectivity index (χ2n) is 4.35. The molecule has 3 nitrogen and oxygen atoms in total. The molecular formula is C12H19NO2S. The molecule has 0 aliphatic carbocycles. The van der Waals surface area contributed by atoms with Gasteiger partial charge in [-0.15, -0.1) is 0 Å². The molecule has 1 amide bonds. The van der Waals surface area contributed by atoms with Gasteiger partial charge >= 0.3 is 0 Å². The highest BCUT2D eigenvalue weighted by atomic mass is 32.2. The zero-order chi connectivity index (χ0) is 11.4. The minimum atomic E-state index is 0.0583. The Kier molecular flexibility index (Phi) is 4.29. The lowest BCUT2D eigenvalue weighted by Gasteiger charge is -2.29. The van der Waals surface area contributed by atoms with E-state index in [1.165, 1.54) is 6.08 Å². The summed E-state index contributed by atoms with van der Waals surface area (Å²) in [6.07, 6.45) is 4.99. The van der Waals surface area contributed by atoms with E-state index in [1.807, 2.05) is 16.7 Å². The van der Waals surface area contributed by atoms with Crippen molar-refractivity contribution in [2.45, 2.75) is 31.4 Å². The topological polar surface area (TPSA) is 29.5 Å². The Balaban J connectivity index is 1.95. The quantitative estimate of drug-likeness (QED) is 0.701. The van der Waals surface area contributed by atoms with E-state index in [0.717, 1.165) is 43.9 Å². The van der Waals surface area contributed by atoms with Gasteiger partial charge < -0.3 is 9.64 Å². The maximum Gasteiger partial charge on any atom is 0.246 e. The fraction of sp³-hybridized carbons (Fsp3) is 0.750. The highest BCUT2D eigenvalue weighted by Gasteiger charge is 2.29. The Morgan fingerprint density at radius 1 is 1.56 bits per heavy atom. The predicted molar refractivity (Wildman–Crippen MR) is 66.6 cm³/mol. The molecule has 2 saturated heterocycles. The minimum absolute atomic E-state index is 0.0583. The Morgan fingerprint density at radius 3 is 3.00 bits per heavy atom. The second-order valence-corrected chi connectivity index (χ2v) is 5.50. The molecule has 0 N–H and O–H groups in total. The Labute approximate surface area is 101 Å². The molecule has 90 valence electrons. The zero-order valence-corrected chi connectivity index (χ0v) is 10.4. The van der Waals surface area contributed by atoms with Gasteiger partial charge in [0, 0.05) is 24.9 Å². The first-order valence-corrected chi connectivity index (χ1v) is 7.09. The van der Waals surface area contributed by atoms with Crippen LogP contribution in [0.2, 0.25) is 0 Å². The zero-order valence-electron chi connectivity index (χ0n) is 9.56. The molecule has 2 fully saturated rings. The average molecular weight is 241 g/mol. The number of ether oxygens (including phenoxy) is 1. The molecule has 0 spiro atoms. The van der Waals surface area contributed by atoms with Crippen LogP contribution in [0.5, 0.6) is 0 Å². The smallest absolute Gasteiger partial charge is 0.246 e. The minimum Gasteiger partial charge on any atom is -0.376 e. The molecule has 0 saturated carbocycles. The summed E-state index contributed by atoms with van der Waals surface area (Å²) in [4.78, 5) is 13.8. The van der Waals surface area contributed by atoms with Gasteiger partial charge in [-0.1, -0.05) is 6.58 Å². The van der Waals surface area contributed by atoms with Crippen molar-refractivity contribution < 1.29 is 9.53 Å². The molecule has 2 aliphatic heterocycles. The Bertz CT molecular complexity index is 258. The summed E-state index contributed by atoms with van der Waals surface area (Å²) in [7, 11) is 0. The first-order chi connectivity index (χ1) is 7.81. The van der Waals surface area contributed by atoms with Crippen LogP contribution in [-0.4, -0.2) is 47.6 Å². The van der Waals surface area contributed by atoms with Gasteiger partial charge in [0.05, 0.1) is 6.10 Å². The lowest BCUT2D eigenvalue weighted by Crippen LogP contribution is -2.43. The van der Waals surface area contributed by atoms with Crippen LogP contribution in [-0.2, 0) is 9.53 Å². The summed E-state index contributed by atoms with van der Waals surface area (Å²) in [6, 6.07) is 0.389. The van der Waals surface area contributed by atoms with Gasteiger partial charge in [0.2, 0.25) is 5.91 Å². The van der Waals surface area contributed by atoms with E-state index in [0.29, 0.717) is 6.04 Å². The maximum absolute atomic E-state index is 11.8. The summed E-state index contributed by atoms with van der Waals surface area (Å²) >= 11 is 1.93. The van der Waals surface area contributed by atoms with Crippen LogP contribution < -0.4 is 0 Å². The van der Waals surface area contributed by atoms with Crippen LogP contribution in [0.25, 0.3) is 0 Å². The third-order valence-corrected chi connectivity index (χ3v) is 4.37. The summed E-state index contributed by atoms with van der Waals surface area (Å²) < 4.78 is 5.60. The summed E-state index contributed by atoms with van der Waals surface area (Å²) in [5.41, 5.74) is 0. The monoisotopic (exact) mass is 241 g/mol. The lowest BCUT2D eigenvalue weighted by molar-refractivity contribution is -0.129. The van der Waals surface area contributed by atoms with E-state index in [2.05, 4.69) is 6.58 Å². The van der Waals surface area contributed by atoms with Gasteiger partial charge in [-0.2, -0.15) is 11.8 Å². The summed E-state index contributed by atoms with van der Waals surface area (Å²) in [5, 5.41) is 0.